The van der Waals surface area contributed by atoms with Gasteiger partial charge in [-0.2, -0.15) is 0 Å². The standard InChI is InChI=1S/C22H30N6O2.HI/c1-4-23-22(25-16-21-27-26-20-8-5-6-11-28(20)21)24-15-18-10-9-17(2)14-19(18)30-13-7-12-29-3;/h5-6,8-11,14H,4,7,12-13,15-16H2,1-3H3,(H2,23,24,25);1H. The van der Waals surface area contributed by atoms with Gasteiger partial charge in [-0.15, -0.1) is 34.2 Å². The van der Waals surface area contributed by atoms with E-state index in [1.54, 1.807) is 7.11 Å². The van der Waals surface area contributed by atoms with E-state index in [2.05, 4.69) is 46.0 Å². The number of fused-ring (bicyclic) bond motifs is 1. The highest BCUT2D eigenvalue weighted by Crippen LogP contribution is 2.21. The van der Waals surface area contributed by atoms with Gasteiger partial charge >= 0.3 is 0 Å². The summed E-state index contributed by atoms with van der Waals surface area (Å²) in [6.45, 7) is 7.20. The fraction of sp³-hybridized carbons (Fsp3) is 0.409. The first-order valence-electron chi connectivity index (χ1n) is 10.2. The summed E-state index contributed by atoms with van der Waals surface area (Å²) in [7, 11) is 1.70. The zero-order valence-corrected chi connectivity index (χ0v) is 20.6. The summed E-state index contributed by atoms with van der Waals surface area (Å²) in [5.74, 6) is 2.42. The first-order chi connectivity index (χ1) is 14.7. The molecule has 0 aliphatic heterocycles. The minimum Gasteiger partial charge on any atom is -0.493 e. The number of aryl methyl sites for hydroxylation is 1. The second-order valence-corrected chi connectivity index (χ2v) is 6.90. The minimum atomic E-state index is 0. The molecule has 3 rings (SSSR count). The lowest BCUT2D eigenvalue weighted by molar-refractivity contribution is 0.172. The van der Waals surface area contributed by atoms with E-state index >= 15 is 0 Å². The van der Waals surface area contributed by atoms with Crippen molar-refractivity contribution in [2.45, 2.75) is 33.4 Å². The van der Waals surface area contributed by atoms with Crippen molar-refractivity contribution in [2.75, 3.05) is 26.9 Å². The topological polar surface area (TPSA) is 85.1 Å². The summed E-state index contributed by atoms with van der Waals surface area (Å²) in [6.07, 6.45) is 2.81. The van der Waals surface area contributed by atoms with Gasteiger partial charge in [0, 0.05) is 38.4 Å². The first-order valence-corrected chi connectivity index (χ1v) is 10.2. The predicted octanol–water partition coefficient (Wildman–Crippen LogP) is 3.33. The van der Waals surface area contributed by atoms with Crippen molar-refractivity contribution in [3.63, 3.8) is 0 Å². The second kappa shape index (κ2) is 13.1. The maximum Gasteiger partial charge on any atom is 0.191 e. The van der Waals surface area contributed by atoms with E-state index in [-0.39, 0.29) is 24.0 Å². The number of nitrogens with zero attached hydrogens (tertiary/aromatic N) is 4. The number of aromatic nitrogens is 3. The van der Waals surface area contributed by atoms with Gasteiger partial charge < -0.3 is 20.1 Å². The SMILES string of the molecule is CCNC(=NCc1ccc(C)cc1OCCCOC)NCc1nnc2ccccn12.I. The van der Waals surface area contributed by atoms with Gasteiger partial charge in [0.25, 0.3) is 0 Å². The van der Waals surface area contributed by atoms with E-state index in [0.29, 0.717) is 26.3 Å². The van der Waals surface area contributed by atoms with Gasteiger partial charge in [0.2, 0.25) is 0 Å². The van der Waals surface area contributed by atoms with Crippen molar-refractivity contribution in [2.24, 2.45) is 4.99 Å². The largest absolute Gasteiger partial charge is 0.493 e. The number of ether oxygens (including phenoxy) is 2. The van der Waals surface area contributed by atoms with Crippen LogP contribution in [0.15, 0.2) is 47.6 Å². The smallest absolute Gasteiger partial charge is 0.191 e. The number of aliphatic imine (C=N–C) groups is 1. The van der Waals surface area contributed by atoms with Gasteiger partial charge in [-0.1, -0.05) is 18.2 Å². The molecule has 0 fully saturated rings. The molecule has 0 unspecified atom stereocenters. The Balaban J connectivity index is 0.00000341. The van der Waals surface area contributed by atoms with Crippen LogP contribution >= 0.6 is 24.0 Å². The number of halogens is 1. The molecule has 3 aromatic rings. The Morgan fingerprint density at radius 1 is 1.13 bits per heavy atom. The fourth-order valence-electron chi connectivity index (χ4n) is 2.99. The van der Waals surface area contributed by atoms with Crippen LogP contribution in [0.25, 0.3) is 5.65 Å². The maximum absolute atomic E-state index is 5.97. The summed E-state index contributed by atoms with van der Waals surface area (Å²) in [5.41, 5.74) is 3.03. The summed E-state index contributed by atoms with van der Waals surface area (Å²) in [4.78, 5) is 4.73. The first kappa shape index (κ1) is 24.9. The van der Waals surface area contributed by atoms with Gasteiger partial charge in [-0.25, -0.2) is 4.99 Å². The number of rotatable bonds is 10. The fourth-order valence-corrected chi connectivity index (χ4v) is 2.99. The number of benzene rings is 1. The number of nitrogens with one attached hydrogen (secondary N) is 2. The van der Waals surface area contributed by atoms with Crippen molar-refractivity contribution >= 4 is 35.6 Å². The predicted molar refractivity (Wildman–Crippen MR) is 133 cm³/mol. The van der Waals surface area contributed by atoms with Crippen LogP contribution in [0.5, 0.6) is 5.75 Å². The average molecular weight is 538 g/mol. The summed E-state index contributed by atoms with van der Waals surface area (Å²) in [5, 5.41) is 15.1. The van der Waals surface area contributed by atoms with Crippen LogP contribution in [0.4, 0.5) is 0 Å². The molecule has 0 atom stereocenters. The summed E-state index contributed by atoms with van der Waals surface area (Å²) in [6, 6.07) is 12.0. The highest BCUT2D eigenvalue weighted by Gasteiger charge is 2.08. The molecular formula is C22H31IN6O2. The zero-order valence-electron chi connectivity index (χ0n) is 18.3. The molecule has 1 aromatic carbocycles. The number of hydrogen-bond donors (Lipinski definition) is 2. The third-order valence-electron chi connectivity index (χ3n) is 4.52. The van der Waals surface area contributed by atoms with Crippen molar-refractivity contribution in [1.82, 2.24) is 25.2 Å². The Morgan fingerprint density at radius 2 is 2.00 bits per heavy atom. The molecule has 2 heterocycles. The van der Waals surface area contributed by atoms with Crippen LogP contribution in [0, 0.1) is 6.92 Å². The van der Waals surface area contributed by atoms with E-state index in [0.717, 1.165) is 47.3 Å². The molecule has 0 saturated heterocycles. The third kappa shape index (κ3) is 7.35. The Bertz CT molecular complexity index is 976. The van der Waals surface area contributed by atoms with Gasteiger partial charge in [0.05, 0.1) is 19.7 Å². The lowest BCUT2D eigenvalue weighted by Gasteiger charge is -2.13. The van der Waals surface area contributed by atoms with Gasteiger partial charge in [-0.3, -0.25) is 4.40 Å². The Hall–Kier alpha value is -2.40. The van der Waals surface area contributed by atoms with Crippen LogP contribution < -0.4 is 15.4 Å². The minimum absolute atomic E-state index is 0. The lowest BCUT2D eigenvalue weighted by Crippen LogP contribution is -2.37. The van der Waals surface area contributed by atoms with Crippen molar-refractivity contribution < 1.29 is 9.47 Å². The number of guanidine groups is 1. The quantitative estimate of drug-likeness (QED) is 0.178. The molecule has 0 saturated carbocycles. The molecule has 0 spiro atoms. The lowest BCUT2D eigenvalue weighted by atomic mass is 10.1. The van der Waals surface area contributed by atoms with Crippen molar-refractivity contribution in [3.05, 3.63) is 59.5 Å². The van der Waals surface area contributed by atoms with Gasteiger partial charge in [-0.05, 0) is 37.6 Å². The molecule has 9 heteroatoms. The zero-order chi connectivity index (χ0) is 21.2. The van der Waals surface area contributed by atoms with E-state index in [1.165, 1.54) is 0 Å². The molecular weight excluding hydrogens is 507 g/mol. The molecule has 0 radical (unpaired) electrons. The van der Waals surface area contributed by atoms with Crippen LogP contribution in [-0.2, 0) is 17.8 Å². The molecule has 31 heavy (non-hydrogen) atoms. The molecule has 0 bridgehead atoms. The number of hydrogen-bond acceptors (Lipinski definition) is 5. The number of methoxy groups -OCH3 is 1. The monoisotopic (exact) mass is 538 g/mol. The molecule has 0 aliphatic carbocycles. The number of pyridine rings is 1. The molecule has 2 aromatic heterocycles. The Kier molecular flexibility index (Phi) is 10.5. The van der Waals surface area contributed by atoms with Gasteiger partial charge in [0.1, 0.15) is 5.75 Å². The summed E-state index contributed by atoms with van der Waals surface area (Å²) < 4.78 is 13.0. The van der Waals surface area contributed by atoms with E-state index in [9.17, 15) is 0 Å². The second-order valence-electron chi connectivity index (χ2n) is 6.90. The Labute approximate surface area is 200 Å². The third-order valence-corrected chi connectivity index (χ3v) is 4.52. The maximum atomic E-state index is 5.97. The van der Waals surface area contributed by atoms with Crippen LogP contribution in [0.2, 0.25) is 0 Å². The molecule has 168 valence electrons. The highest BCUT2D eigenvalue weighted by atomic mass is 127. The molecule has 2 N–H and O–H groups in total. The molecule has 8 nitrogen and oxygen atoms in total. The molecule has 0 aliphatic rings. The van der Waals surface area contributed by atoms with E-state index in [4.69, 9.17) is 14.5 Å². The van der Waals surface area contributed by atoms with Crippen molar-refractivity contribution in [3.8, 4) is 5.75 Å². The van der Waals surface area contributed by atoms with Crippen LogP contribution in [0.1, 0.15) is 30.3 Å². The van der Waals surface area contributed by atoms with Crippen LogP contribution in [-0.4, -0.2) is 47.4 Å². The Morgan fingerprint density at radius 3 is 2.81 bits per heavy atom. The van der Waals surface area contributed by atoms with Gasteiger partial charge in [0.15, 0.2) is 17.4 Å². The van der Waals surface area contributed by atoms with E-state index in [1.807, 2.05) is 35.7 Å². The van der Waals surface area contributed by atoms with Crippen LogP contribution in [0.3, 0.4) is 0 Å². The normalized spacial score (nSPS) is 11.3. The van der Waals surface area contributed by atoms with Crippen molar-refractivity contribution in [1.29, 1.82) is 0 Å². The summed E-state index contributed by atoms with van der Waals surface area (Å²) >= 11 is 0. The average Bonchev–Trinajstić information content (AvgIpc) is 3.17. The van der Waals surface area contributed by atoms with E-state index < -0.39 is 0 Å². The molecule has 0 amide bonds. The highest BCUT2D eigenvalue weighted by molar-refractivity contribution is 14.0.